The fraction of sp³-hybridized carbons (Fsp3) is 0.267. The molecule has 2 aromatic rings. The number of carboxylic acids is 1. The van der Waals surface area contributed by atoms with Crippen LogP contribution in [0, 0.1) is 0 Å². The molecule has 0 aliphatic rings. The summed E-state index contributed by atoms with van der Waals surface area (Å²) < 4.78 is 5.61. The topological polar surface area (TPSA) is 69.6 Å². The summed E-state index contributed by atoms with van der Waals surface area (Å²) >= 11 is 1.63. The van der Waals surface area contributed by atoms with Gasteiger partial charge >= 0.3 is 18.9 Å². The molecule has 106 valence electrons. The number of ether oxygens (including phenoxy) is 1. The molecule has 0 radical (unpaired) electrons. The third-order valence-corrected chi connectivity index (χ3v) is 3.70. The van der Waals surface area contributed by atoms with Crippen LogP contribution in [0.5, 0.6) is 5.75 Å². The number of rotatable bonds is 7. The summed E-state index contributed by atoms with van der Waals surface area (Å²) in [5.74, 6) is -0.436. The molecule has 4 nitrogen and oxygen atoms in total. The van der Waals surface area contributed by atoms with Crippen LogP contribution in [0.3, 0.4) is 0 Å². The molecule has 0 amide bonds. The van der Waals surface area contributed by atoms with Gasteiger partial charge in [0.05, 0.1) is 6.10 Å². The van der Waals surface area contributed by atoms with Gasteiger partial charge in [-0.05, 0) is 42.0 Å². The maximum absolute atomic E-state index is 10.3. The molecule has 0 aliphatic heterocycles. The fourth-order valence-corrected chi connectivity index (χ4v) is 2.37. The average Bonchev–Trinajstić information content (AvgIpc) is 2.96. The van der Waals surface area contributed by atoms with E-state index in [0.29, 0.717) is 17.9 Å². The second-order valence-corrected chi connectivity index (χ2v) is 5.40. The van der Waals surface area contributed by atoms with Crippen LogP contribution in [0.4, 0.5) is 0 Å². The molecule has 2 rings (SSSR count). The van der Waals surface area contributed by atoms with Gasteiger partial charge in [0.2, 0.25) is 0 Å². The monoisotopic (exact) mass is 298 g/mol. The van der Waals surface area contributed by atoms with Crippen LogP contribution in [0.2, 0.25) is 0 Å². The largest absolute Gasteiger partial charge is 1.00 e. The Bertz CT molecular complexity index is 539. The third-order valence-electron chi connectivity index (χ3n) is 2.85. The summed E-state index contributed by atoms with van der Waals surface area (Å²) in [6.45, 7) is 0.518. The summed E-state index contributed by atoms with van der Waals surface area (Å²) in [5.41, 5.74) is 0.676. The Balaban J connectivity index is 0.00000220. The van der Waals surface area contributed by atoms with E-state index in [9.17, 15) is 15.0 Å². The first-order valence-corrected chi connectivity index (χ1v) is 7.16. The molecule has 0 saturated carbocycles. The second-order valence-electron chi connectivity index (χ2n) is 4.36. The van der Waals surface area contributed by atoms with Gasteiger partial charge in [-0.25, -0.2) is 0 Å². The SMILES string of the molecule is O=C([O-])CCC(O)c1ccc(OCc2cccs2)cc1.[Li+]. The number of hydrogen-bond acceptors (Lipinski definition) is 5. The van der Waals surface area contributed by atoms with Gasteiger partial charge in [-0.1, -0.05) is 18.2 Å². The molecule has 1 unspecified atom stereocenters. The predicted molar refractivity (Wildman–Crippen MR) is 74.3 cm³/mol. The van der Waals surface area contributed by atoms with Crippen LogP contribution < -0.4 is 28.7 Å². The first-order chi connectivity index (χ1) is 9.65. The van der Waals surface area contributed by atoms with Crippen molar-refractivity contribution in [2.24, 2.45) is 0 Å². The van der Waals surface area contributed by atoms with E-state index in [1.165, 1.54) is 0 Å². The molecular formula is C15H15LiO4S. The van der Waals surface area contributed by atoms with E-state index in [4.69, 9.17) is 4.74 Å². The van der Waals surface area contributed by atoms with Gasteiger partial charge in [-0.2, -0.15) is 0 Å². The zero-order valence-electron chi connectivity index (χ0n) is 11.8. The standard InChI is InChI=1S/C15H16O4S.Li/c16-14(7-8-15(17)18)11-3-5-12(6-4-11)19-10-13-2-1-9-20-13;/h1-6,9,14,16H,7-8,10H2,(H,17,18);/q;+1/p-1. The number of aliphatic hydroxyl groups excluding tert-OH is 1. The van der Waals surface area contributed by atoms with E-state index in [-0.39, 0.29) is 31.7 Å². The van der Waals surface area contributed by atoms with Gasteiger partial charge in [0, 0.05) is 10.8 Å². The molecule has 0 spiro atoms. The molecule has 1 aromatic heterocycles. The van der Waals surface area contributed by atoms with Crippen molar-refractivity contribution in [3.05, 3.63) is 52.2 Å². The van der Waals surface area contributed by atoms with Crippen molar-refractivity contribution in [3.63, 3.8) is 0 Å². The number of aliphatic carboxylic acids is 1. The van der Waals surface area contributed by atoms with Gasteiger partial charge in [0.25, 0.3) is 0 Å². The maximum Gasteiger partial charge on any atom is 1.00 e. The van der Waals surface area contributed by atoms with Crippen LogP contribution in [0.25, 0.3) is 0 Å². The molecule has 1 N–H and O–H groups in total. The summed E-state index contributed by atoms with van der Waals surface area (Å²) in [6.07, 6.45) is -0.797. The normalized spacial score (nSPS) is 11.5. The van der Waals surface area contributed by atoms with E-state index in [2.05, 4.69) is 0 Å². The van der Waals surface area contributed by atoms with Crippen LogP contribution >= 0.6 is 11.3 Å². The average molecular weight is 298 g/mol. The Morgan fingerprint density at radius 1 is 1.29 bits per heavy atom. The maximum atomic E-state index is 10.3. The Morgan fingerprint density at radius 3 is 2.57 bits per heavy atom. The van der Waals surface area contributed by atoms with Gasteiger partial charge in [-0.15, -0.1) is 11.3 Å². The molecular weight excluding hydrogens is 283 g/mol. The van der Waals surface area contributed by atoms with E-state index in [1.54, 1.807) is 35.6 Å². The van der Waals surface area contributed by atoms with Crippen LogP contribution in [0.15, 0.2) is 41.8 Å². The van der Waals surface area contributed by atoms with Gasteiger partial charge in [0.1, 0.15) is 12.4 Å². The number of hydrogen-bond donors (Lipinski definition) is 1. The third kappa shape index (κ3) is 5.94. The van der Waals surface area contributed by atoms with Crippen LogP contribution in [-0.4, -0.2) is 11.1 Å². The minimum Gasteiger partial charge on any atom is -0.550 e. The Labute approximate surface area is 139 Å². The number of aliphatic hydroxyl groups is 1. The summed E-state index contributed by atoms with van der Waals surface area (Å²) in [4.78, 5) is 11.5. The van der Waals surface area contributed by atoms with E-state index in [1.807, 2.05) is 17.5 Å². The molecule has 1 atom stereocenters. The Morgan fingerprint density at radius 2 is 2.00 bits per heavy atom. The zero-order valence-corrected chi connectivity index (χ0v) is 12.6. The Kier molecular flexibility index (Phi) is 7.55. The molecule has 0 saturated heterocycles. The summed E-state index contributed by atoms with van der Waals surface area (Å²) in [6, 6.07) is 11.0. The first-order valence-electron chi connectivity index (χ1n) is 6.28. The molecule has 0 bridgehead atoms. The number of carbonyl (C=O) groups is 1. The van der Waals surface area contributed by atoms with E-state index in [0.717, 1.165) is 4.88 Å². The smallest absolute Gasteiger partial charge is 0.550 e. The van der Waals surface area contributed by atoms with Crippen molar-refractivity contribution >= 4 is 17.3 Å². The number of carboxylic acid groups (broad SMARTS) is 1. The molecule has 1 heterocycles. The first kappa shape index (κ1) is 17.8. The van der Waals surface area contributed by atoms with Crippen molar-refractivity contribution in [1.82, 2.24) is 0 Å². The van der Waals surface area contributed by atoms with Crippen molar-refractivity contribution < 1.29 is 38.6 Å². The van der Waals surface area contributed by atoms with Crippen LogP contribution in [0.1, 0.15) is 29.4 Å². The van der Waals surface area contributed by atoms with Gasteiger partial charge < -0.3 is 19.7 Å². The van der Waals surface area contributed by atoms with Crippen molar-refractivity contribution in [2.75, 3.05) is 0 Å². The number of thiophene rings is 1. The number of carbonyl (C=O) groups excluding carboxylic acids is 1. The molecule has 21 heavy (non-hydrogen) atoms. The molecule has 6 heteroatoms. The molecule has 0 aliphatic carbocycles. The molecule has 1 aromatic carbocycles. The number of benzene rings is 1. The predicted octanol–water partition coefficient (Wildman–Crippen LogP) is -1.11. The van der Waals surface area contributed by atoms with Crippen LogP contribution in [-0.2, 0) is 11.4 Å². The van der Waals surface area contributed by atoms with E-state index >= 15 is 0 Å². The zero-order chi connectivity index (χ0) is 14.4. The second kappa shape index (κ2) is 8.91. The molecule has 0 fully saturated rings. The van der Waals surface area contributed by atoms with Gasteiger partial charge in [0.15, 0.2) is 0 Å². The Hall–Kier alpha value is -1.25. The minimum atomic E-state index is -1.15. The summed E-state index contributed by atoms with van der Waals surface area (Å²) in [5, 5.41) is 22.2. The van der Waals surface area contributed by atoms with Crippen molar-refractivity contribution in [1.29, 1.82) is 0 Å². The quantitative estimate of drug-likeness (QED) is 0.659. The minimum absolute atomic E-state index is 0. The summed E-state index contributed by atoms with van der Waals surface area (Å²) in [7, 11) is 0. The van der Waals surface area contributed by atoms with E-state index < -0.39 is 12.1 Å². The van der Waals surface area contributed by atoms with Crippen molar-refractivity contribution in [3.8, 4) is 5.75 Å². The van der Waals surface area contributed by atoms with Gasteiger partial charge in [-0.3, -0.25) is 0 Å². The fourth-order valence-electron chi connectivity index (χ4n) is 1.76. The van der Waals surface area contributed by atoms with Crippen molar-refractivity contribution in [2.45, 2.75) is 25.6 Å².